The summed E-state index contributed by atoms with van der Waals surface area (Å²) in [6, 6.07) is 17.3. The van der Waals surface area contributed by atoms with E-state index in [4.69, 9.17) is 14.2 Å². The van der Waals surface area contributed by atoms with Crippen molar-refractivity contribution in [2.75, 3.05) is 51.9 Å². The molecule has 1 fully saturated rings. The third kappa shape index (κ3) is 5.34. The van der Waals surface area contributed by atoms with Gasteiger partial charge in [-0.25, -0.2) is 0 Å². The predicted octanol–water partition coefficient (Wildman–Crippen LogP) is 3.20. The molecular formula is C25H28N4O4. The maximum atomic E-state index is 12.6. The monoisotopic (exact) mass is 448 g/mol. The zero-order valence-corrected chi connectivity index (χ0v) is 19.2. The van der Waals surface area contributed by atoms with Gasteiger partial charge in [-0.1, -0.05) is 24.3 Å². The van der Waals surface area contributed by atoms with E-state index in [2.05, 4.69) is 28.1 Å². The Morgan fingerprint density at radius 1 is 0.879 bits per heavy atom. The van der Waals surface area contributed by atoms with Crippen molar-refractivity contribution in [2.24, 2.45) is 0 Å². The van der Waals surface area contributed by atoms with E-state index in [9.17, 15) is 4.79 Å². The van der Waals surface area contributed by atoms with E-state index in [1.165, 1.54) is 5.56 Å². The largest absolute Gasteiger partial charge is 0.496 e. The Morgan fingerprint density at radius 3 is 2.15 bits per heavy atom. The summed E-state index contributed by atoms with van der Waals surface area (Å²) >= 11 is 0. The van der Waals surface area contributed by atoms with Gasteiger partial charge < -0.3 is 24.0 Å². The molecule has 172 valence electrons. The van der Waals surface area contributed by atoms with Crippen molar-refractivity contribution in [3.05, 3.63) is 60.2 Å². The number of hydrogen-bond donors (Lipinski definition) is 0. The molecule has 0 spiro atoms. The van der Waals surface area contributed by atoms with Crippen LogP contribution in [0.2, 0.25) is 0 Å². The van der Waals surface area contributed by atoms with Gasteiger partial charge >= 0.3 is 0 Å². The van der Waals surface area contributed by atoms with Crippen molar-refractivity contribution in [1.82, 2.24) is 15.1 Å². The van der Waals surface area contributed by atoms with Gasteiger partial charge in [0.2, 0.25) is 0 Å². The van der Waals surface area contributed by atoms with Gasteiger partial charge in [0, 0.05) is 49.9 Å². The summed E-state index contributed by atoms with van der Waals surface area (Å²) in [6.45, 7) is 4.61. The number of nitrogens with zero attached hydrogens (tertiary/aromatic N) is 4. The second-order valence-corrected chi connectivity index (χ2v) is 7.80. The second kappa shape index (κ2) is 10.2. The van der Waals surface area contributed by atoms with Crippen LogP contribution in [-0.2, 0) is 4.79 Å². The van der Waals surface area contributed by atoms with Crippen LogP contribution in [0.15, 0.2) is 54.6 Å². The summed E-state index contributed by atoms with van der Waals surface area (Å²) in [6.07, 6.45) is 0. The molecule has 0 aliphatic carbocycles. The highest BCUT2D eigenvalue weighted by molar-refractivity contribution is 5.78. The minimum Gasteiger partial charge on any atom is -0.496 e. The first kappa shape index (κ1) is 22.4. The van der Waals surface area contributed by atoms with Gasteiger partial charge in [-0.3, -0.25) is 4.79 Å². The zero-order chi connectivity index (χ0) is 23.2. The topological polar surface area (TPSA) is 77.0 Å². The van der Waals surface area contributed by atoms with Crippen molar-refractivity contribution >= 4 is 11.7 Å². The van der Waals surface area contributed by atoms with Crippen LogP contribution < -0.4 is 19.1 Å². The fourth-order valence-electron chi connectivity index (χ4n) is 3.78. The number of piperazine rings is 1. The Hall–Kier alpha value is -3.81. The molecule has 8 heteroatoms. The smallest absolute Gasteiger partial charge is 0.260 e. The SMILES string of the molecule is COc1cc(OC)cc(OCC(=O)N2CCN(c3ccc(-c4ccccc4C)nn3)CC2)c1. The maximum Gasteiger partial charge on any atom is 0.260 e. The summed E-state index contributed by atoms with van der Waals surface area (Å²) < 4.78 is 16.2. The first-order chi connectivity index (χ1) is 16.1. The lowest BCUT2D eigenvalue weighted by Crippen LogP contribution is -2.50. The molecule has 0 saturated carbocycles. The standard InChI is InChI=1S/C25H28N4O4/c1-18-6-4-5-7-22(18)23-8-9-24(27-26-23)28-10-12-29(13-11-28)25(30)17-33-21-15-19(31-2)14-20(16-21)32-3/h4-9,14-16H,10-13,17H2,1-3H3. The van der Waals surface area contributed by atoms with E-state index >= 15 is 0 Å². The summed E-state index contributed by atoms with van der Waals surface area (Å²) in [5.74, 6) is 2.51. The first-order valence-corrected chi connectivity index (χ1v) is 10.9. The van der Waals surface area contributed by atoms with Crippen molar-refractivity contribution in [3.8, 4) is 28.5 Å². The first-order valence-electron chi connectivity index (χ1n) is 10.9. The molecule has 1 saturated heterocycles. The maximum absolute atomic E-state index is 12.6. The number of amides is 1. The summed E-state index contributed by atoms with van der Waals surface area (Å²) in [7, 11) is 3.15. The fourth-order valence-corrected chi connectivity index (χ4v) is 3.78. The number of methoxy groups -OCH3 is 2. The third-order valence-electron chi connectivity index (χ3n) is 5.72. The number of aromatic nitrogens is 2. The van der Waals surface area contributed by atoms with Gasteiger partial charge in [-0.05, 0) is 24.6 Å². The lowest BCUT2D eigenvalue weighted by Gasteiger charge is -2.35. The summed E-state index contributed by atoms with van der Waals surface area (Å²) in [4.78, 5) is 16.6. The molecule has 0 bridgehead atoms. The van der Waals surface area contributed by atoms with Crippen LogP contribution in [0.4, 0.5) is 5.82 Å². The highest BCUT2D eigenvalue weighted by atomic mass is 16.5. The predicted molar refractivity (Wildman–Crippen MR) is 126 cm³/mol. The fraction of sp³-hybridized carbons (Fsp3) is 0.320. The van der Waals surface area contributed by atoms with Gasteiger partial charge in [0.05, 0.1) is 19.9 Å². The van der Waals surface area contributed by atoms with Gasteiger partial charge in [0.25, 0.3) is 5.91 Å². The minimum absolute atomic E-state index is 0.0404. The molecule has 2 heterocycles. The summed E-state index contributed by atoms with van der Waals surface area (Å²) in [5.41, 5.74) is 3.11. The Kier molecular flexibility index (Phi) is 6.92. The van der Waals surface area contributed by atoms with Crippen molar-refractivity contribution in [3.63, 3.8) is 0 Å². The van der Waals surface area contributed by atoms with Crippen LogP contribution in [0.25, 0.3) is 11.3 Å². The summed E-state index contributed by atoms with van der Waals surface area (Å²) in [5, 5.41) is 8.84. The molecule has 0 atom stereocenters. The van der Waals surface area contributed by atoms with Crippen molar-refractivity contribution < 1.29 is 19.0 Å². The molecule has 1 amide bonds. The van der Waals surface area contributed by atoms with E-state index in [0.29, 0.717) is 43.4 Å². The van der Waals surface area contributed by atoms with Gasteiger partial charge in [-0.15, -0.1) is 10.2 Å². The second-order valence-electron chi connectivity index (χ2n) is 7.80. The number of carbonyl (C=O) groups excluding carboxylic acids is 1. The molecular weight excluding hydrogens is 420 g/mol. The number of anilines is 1. The average Bonchev–Trinajstić information content (AvgIpc) is 2.87. The average molecular weight is 449 g/mol. The number of ether oxygens (including phenoxy) is 3. The van der Waals surface area contributed by atoms with Gasteiger partial charge in [0.15, 0.2) is 12.4 Å². The van der Waals surface area contributed by atoms with E-state index in [-0.39, 0.29) is 12.5 Å². The molecule has 0 radical (unpaired) electrons. The Bertz CT molecular complexity index is 1070. The van der Waals surface area contributed by atoms with Crippen LogP contribution in [0.3, 0.4) is 0 Å². The minimum atomic E-state index is -0.0579. The molecule has 3 aromatic rings. The number of hydrogen-bond acceptors (Lipinski definition) is 7. The lowest BCUT2D eigenvalue weighted by atomic mass is 10.1. The van der Waals surface area contributed by atoms with E-state index in [1.54, 1.807) is 32.4 Å². The Balaban J connectivity index is 1.30. The third-order valence-corrected chi connectivity index (χ3v) is 5.72. The quantitative estimate of drug-likeness (QED) is 0.549. The molecule has 0 unspecified atom stereocenters. The Labute approximate surface area is 193 Å². The van der Waals surface area contributed by atoms with Crippen LogP contribution in [0, 0.1) is 6.92 Å². The van der Waals surface area contributed by atoms with E-state index in [0.717, 1.165) is 17.1 Å². The molecule has 2 aromatic carbocycles. The lowest BCUT2D eigenvalue weighted by molar-refractivity contribution is -0.133. The number of benzene rings is 2. The van der Waals surface area contributed by atoms with Gasteiger partial charge in [-0.2, -0.15) is 0 Å². The molecule has 1 aliphatic rings. The number of aryl methyl sites for hydroxylation is 1. The van der Waals surface area contributed by atoms with Crippen molar-refractivity contribution in [1.29, 1.82) is 0 Å². The molecule has 1 aromatic heterocycles. The number of rotatable bonds is 7. The normalized spacial score (nSPS) is 13.5. The Morgan fingerprint density at radius 2 is 1.55 bits per heavy atom. The zero-order valence-electron chi connectivity index (χ0n) is 19.2. The molecule has 1 aliphatic heterocycles. The molecule has 33 heavy (non-hydrogen) atoms. The van der Waals surface area contributed by atoms with Crippen LogP contribution in [0.5, 0.6) is 17.2 Å². The van der Waals surface area contributed by atoms with Crippen LogP contribution in [0.1, 0.15) is 5.56 Å². The highest BCUT2D eigenvalue weighted by Gasteiger charge is 2.22. The van der Waals surface area contributed by atoms with E-state index in [1.807, 2.05) is 35.2 Å². The molecule has 8 nitrogen and oxygen atoms in total. The van der Waals surface area contributed by atoms with Crippen LogP contribution >= 0.6 is 0 Å². The van der Waals surface area contributed by atoms with Crippen LogP contribution in [-0.4, -0.2) is 68.0 Å². The molecule has 4 rings (SSSR count). The van der Waals surface area contributed by atoms with E-state index < -0.39 is 0 Å². The highest BCUT2D eigenvalue weighted by Crippen LogP contribution is 2.27. The number of carbonyl (C=O) groups is 1. The molecule has 0 N–H and O–H groups in total. The van der Waals surface area contributed by atoms with Gasteiger partial charge in [0.1, 0.15) is 17.2 Å². The van der Waals surface area contributed by atoms with Crippen molar-refractivity contribution in [2.45, 2.75) is 6.92 Å².